The predicted octanol–water partition coefficient (Wildman–Crippen LogP) is 2.71. The van der Waals surface area contributed by atoms with Crippen LogP contribution in [-0.4, -0.2) is 67.0 Å². The van der Waals surface area contributed by atoms with Gasteiger partial charge in [-0.25, -0.2) is 4.79 Å². The molecule has 1 heterocycles. The number of imide groups is 1. The lowest BCUT2D eigenvalue weighted by Gasteiger charge is -2.19. The van der Waals surface area contributed by atoms with Gasteiger partial charge < -0.3 is 25.4 Å². The van der Waals surface area contributed by atoms with E-state index in [0.717, 1.165) is 4.90 Å². The summed E-state index contributed by atoms with van der Waals surface area (Å²) < 4.78 is 10.1. The first-order chi connectivity index (χ1) is 18.0. The normalized spacial score (nSPS) is 12.7. The Labute approximate surface area is 220 Å². The first kappa shape index (κ1) is 28.3. The number of rotatable bonds is 10. The highest BCUT2D eigenvalue weighted by molar-refractivity contribution is 6.22. The van der Waals surface area contributed by atoms with Crippen molar-refractivity contribution in [2.45, 2.75) is 39.3 Å². The monoisotopic (exact) mass is 524 g/mol. The second-order valence-corrected chi connectivity index (χ2v) is 9.61. The predicted molar refractivity (Wildman–Crippen MR) is 139 cm³/mol. The Balaban J connectivity index is 1.61. The van der Waals surface area contributed by atoms with Crippen molar-refractivity contribution < 1.29 is 33.4 Å². The van der Waals surface area contributed by atoms with E-state index in [9.17, 15) is 24.0 Å². The van der Waals surface area contributed by atoms with Crippen LogP contribution in [0, 0.1) is 0 Å². The first-order valence-corrected chi connectivity index (χ1v) is 12.1. The molecule has 0 bridgehead atoms. The van der Waals surface area contributed by atoms with Gasteiger partial charge >= 0.3 is 6.09 Å². The number of carbonyl (C=O) groups excluding carboxylic acids is 5. The lowest BCUT2D eigenvalue weighted by atomic mass is 10.0. The summed E-state index contributed by atoms with van der Waals surface area (Å²) in [5.74, 6) is -1.75. The van der Waals surface area contributed by atoms with Gasteiger partial charge in [0.2, 0.25) is 5.91 Å². The number of ether oxygens (including phenoxy) is 2. The van der Waals surface area contributed by atoms with Crippen LogP contribution in [0.25, 0.3) is 0 Å². The zero-order valence-electron chi connectivity index (χ0n) is 21.9. The molecule has 2 aromatic carbocycles. The number of anilines is 1. The Morgan fingerprint density at radius 3 is 2.37 bits per heavy atom. The van der Waals surface area contributed by atoms with E-state index < -0.39 is 35.3 Å². The third-order valence-corrected chi connectivity index (χ3v) is 5.50. The van der Waals surface area contributed by atoms with Crippen LogP contribution in [0.1, 0.15) is 63.8 Å². The average Bonchev–Trinajstić information content (AvgIpc) is 3.10. The molecule has 11 nitrogen and oxygen atoms in total. The number of carbonyl (C=O) groups is 5. The van der Waals surface area contributed by atoms with Gasteiger partial charge in [0.05, 0.1) is 11.1 Å². The number of amides is 5. The largest absolute Gasteiger partial charge is 0.444 e. The molecule has 11 heteroatoms. The van der Waals surface area contributed by atoms with Crippen molar-refractivity contribution in [3.05, 3.63) is 64.7 Å². The molecule has 0 fully saturated rings. The van der Waals surface area contributed by atoms with E-state index in [1.807, 2.05) is 0 Å². The first-order valence-electron chi connectivity index (χ1n) is 12.1. The van der Waals surface area contributed by atoms with E-state index >= 15 is 0 Å². The second-order valence-electron chi connectivity index (χ2n) is 9.61. The van der Waals surface area contributed by atoms with Gasteiger partial charge in [-0.1, -0.05) is 18.2 Å². The molecule has 1 aliphatic heterocycles. The maximum absolute atomic E-state index is 13.0. The summed E-state index contributed by atoms with van der Waals surface area (Å²) in [4.78, 5) is 63.4. The van der Waals surface area contributed by atoms with Crippen molar-refractivity contribution >= 4 is 35.4 Å². The lowest BCUT2D eigenvalue weighted by Crippen LogP contribution is -2.39. The van der Waals surface area contributed by atoms with Crippen LogP contribution >= 0.6 is 0 Å². The molecule has 0 aromatic heterocycles. The van der Waals surface area contributed by atoms with E-state index in [2.05, 4.69) is 16.0 Å². The Morgan fingerprint density at radius 2 is 1.66 bits per heavy atom. The van der Waals surface area contributed by atoms with Crippen molar-refractivity contribution in [3.63, 3.8) is 0 Å². The molecule has 1 aliphatic rings. The Hall–Kier alpha value is -4.25. The summed E-state index contributed by atoms with van der Waals surface area (Å²) >= 11 is 0. The standard InChI is InChI=1S/C27H32N4O7/c1-27(2,3)38-26(36)29-16-22(32)28-15-18-8-5-6-9-21(18)30-23(33)17-10-11-19-20(14-17)25(35)31(24(19)34)12-7-13-37-4/h5-6,8-11,14H,7,12-13,15-16H2,1-4H3,(H,28,32)(H,29,36)(H,30,33). The fraction of sp³-hybridized carbons (Fsp3) is 0.370. The molecule has 3 rings (SSSR count). The van der Waals surface area contributed by atoms with Crippen LogP contribution in [0.3, 0.4) is 0 Å². The molecule has 38 heavy (non-hydrogen) atoms. The molecule has 202 valence electrons. The highest BCUT2D eigenvalue weighted by Gasteiger charge is 2.35. The maximum Gasteiger partial charge on any atom is 0.408 e. The fourth-order valence-corrected chi connectivity index (χ4v) is 3.72. The fourth-order valence-electron chi connectivity index (χ4n) is 3.72. The van der Waals surface area contributed by atoms with Crippen LogP contribution in [0.2, 0.25) is 0 Å². The van der Waals surface area contributed by atoms with E-state index in [1.165, 1.54) is 18.2 Å². The summed E-state index contributed by atoms with van der Waals surface area (Å²) in [6, 6.07) is 11.3. The van der Waals surface area contributed by atoms with Gasteiger partial charge in [0.1, 0.15) is 12.1 Å². The number of methoxy groups -OCH3 is 1. The molecule has 0 unspecified atom stereocenters. The zero-order valence-corrected chi connectivity index (χ0v) is 21.9. The lowest BCUT2D eigenvalue weighted by molar-refractivity contribution is -0.120. The number of benzene rings is 2. The number of nitrogens with zero attached hydrogens (tertiary/aromatic N) is 1. The Bertz CT molecular complexity index is 1240. The summed E-state index contributed by atoms with van der Waals surface area (Å²) in [7, 11) is 1.54. The topological polar surface area (TPSA) is 143 Å². The van der Waals surface area contributed by atoms with Gasteiger partial charge in [-0.3, -0.25) is 24.1 Å². The molecule has 0 radical (unpaired) electrons. The van der Waals surface area contributed by atoms with E-state index in [0.29, 0.717) is 24.3 Å². The van der Waals surface area contributed by atoms with Gasteiger partial charge in [0, 0.05) is 38.1 Å². The minimum atomic E-state index is -0.701. The van der Waals surface area contributed by atoms with Crippen molar-refractivity contribution in [2.75, 3.05) is 32.1 Å². The molecule has 0 aliphatic carbocycles. The quantitative estimate of drug-likeness (QED) is 0.320. The van der Waals surface area contributed by atoms with E-state index in [4.69, 9.17) is 9.47 Å². The Morgan fingerprint density at radius 1 is 0.947 bits per heavy atom. The summed E-state index contributed by atoms with van der Waals surface area (Å²) in [6.07, 6.45) is -0.187. The van der Waals surface area contributed by atoms with Gasteiger partial charge in [-0.05, 0) is 57.0 Å². The molecular weight excluding hydrogens is 492 g/mol. The molecule has 0 saturated carbocycles. The maximum atomic E-state index is 13.0. The number of nitrogens with one attached hydrogen (secondary N) is 3. The average molecular weight is 525 g/mol. The van der Waals surface area contributed by atoms with E-state index in [1.54, 1.807) is 52.1 Å². The number of alkyl carbamates (subject to hydrolysis) is 1. The molecule has 0 saturated heterocycles. The van der Waals surface area contributed by atoms with Crippen LogP contribution < -0.4 is 16.0 Å². The van der Waals surface area contributed by atoms with Crippen molar-refractivity contribution in [1.29, 1.82) is 0 Å². The summed E-state index contributed by atoms with van der Waals surface area (Å²) in [5, 5.41) is 7.86. The van der Waals surface area contributed by atoms with Crippen molar-refractivity contribution in [3.8, 4) is 0 Å². The molecule has 0 atom stereocenters. The minimum Gasteiger partial charge on any atom is -0.444 e. The SMILES string of the molecule is COCCCN1C(=O)c2ccc(C(=O)Nc3ccccc3CNC(=O)CNC(=O)OC(C)(C)C)cc2C1=O. The van der Waals surface area contributed by atoms with E-state index in [-0.39, 0.29) is 36.3 Å². The highest BCUT2D eigenvalue weighted by Crippen LogP contribution is 2.25. The molecule has 3 N–H and O–H groups in total. The molecule has 5 amide bonds. The van der Waals surface area contributed by atoms with Crippen LogP contribution in [-0.2, 0) is 20.8 Å². The van der Waals surface area contributed by atoms with Crippen LogP contribution in [0.5, 0.6) is 0 Å². The van der Waals surface area contributed by atoms with Gasteiger partial charge in [-0.2, -0.15) is 0 Å². The van der Waals surface area contributed by atoms with Gasteiger partial charge in [-0.15, -0.1) is 0 Å². The smallest absolute Gasteiger partial charge is 0.408 e. The molecule has 2 aromatic rings. The van der Waals surface area contributed by atoms with Crippen LogP contribution in [0.4, 0.5) is 10.5 Å². The third-order valence-electron chi connectivity index (χ3n) is 5.50. The third kappa shape index (κ3) is 7.39. The Kier molecular flexibility index (Phi) is 9.19. The summed E-state index contributed by atoms with van der Waals surface area (Å²) in [5.41, 5.74) is 1.06. The van der Waals surface area contributed by atoms with Crippen molar-refractivity contribution in [2.24, 2.45) is 0 Å². The zero-order chi connectivity index (χ0) is 27.9. The van der Waals surface area contributed by atoms with Gasteiger partial charge in [0.15, 0.2) is 0 Å². The van der Waals surface area contributed by atoms with Crippen LogP contribution in [0.15, 0.2) is 42.5 Å². The number of fused-ring (bicyclic) bond motifs is 1. The molecular formula is C27H32N4O7. The number of hydrogen-bond acceptors (Lipinski definition) is 7. The molecule has 0 spiro atoms. The minimum absolute atomic E-state index is 0.0961. The number of hydrogen-bond donors (Lipinski definition) is 3. The van der Waals surface area contributed by atoms with Gasteiger partial charge in [0.25, 0.3) is 17.7 Å². The number of para-hydroxylation sites is 1. The summed E-state index contributed by atoms with van der Waals surface area (Å²) in [6.45, 7) is 5.63. The van der Waals surface area contributed by atoms with Crippen molar-refractivity contribution in [1.82, 2.24) is 15.5 Å². The second kappa shape index (κ2) is 12.3. The highest BCUT2D eigenvalue weighted by atomic mass is 16.6.